The Morgan fingerprint density at radius 2 is 1.74 bits per heavy atom. The predicted molar refractivity (Wildman–Crippen MR) is 92.6 cm³/mol. The van der Waals surface area contributed by atoms with Gasteiger partial charge in [-0.25, -0.2) is 4.79 Å². The Morgan fingerprint density at radius 3 is 2.30 bits per heavy atom. The van der Waals surface area contributed by atoms with Crippen LogP contribution >= 0.6 is 0 Å². The SMILES string of the molecule is CC(C)(C)[C@]1(O)C[C@@H]2OC(=O)CC23C(=O)OC2OC(=O)[C@H](O[Si](C)(C)C)C231. The number of hydrogen-bond acceptors (Lipinski definition) is 8. The third kappa shape index (κ3) is 1.92. The zero-order valence-corrected chi connectivity index (χ0v) is 17.5. The Kier molecular flexibility index (Phi) is 3.45. The minimum absolute atomic E-state index is 0.0238. The van der Waals surface area contributed by atoms with E-state index in [2.05, 4.69) is 0 Å². The van der Waals surface area contributed by atoms with Gasteiger partial charge in [-0.2, -0.15) is 0 Å². The smallest absolute Gasteiger partial charge is 0.338 e. The average Bonchev–Trinajstić information content (AvgIpc) is 3.07. The molecular formula is C18H26O8Si. The first-order valence-corrected chi connectivity index (χ1v) is 12.6. The summed E-state index contributed by atoms with van der Waals surface area (Å²) in [5, 5.41) is 12.0. The van der Waals surface area contributed by atoms with Crippen molar-refractivity contribution in [3.05, 3.63) is 0 Å². The molecule has 3 saturated heterocycles. The summed E-state index contributed by atoms with van der Waals surface area (Å²) in [5.74, 6) is -1.88. The topological polar surface area (TPSA) is 108 Å². The van der Waals surface area contributed by atoms with E-state index < -0.39 is 66.6 Å². The first kappa shape index (κ1) is 18.9. The first-order chi connectivity index (χ1) is 12.2. The molecule has 0 amide bonds. The molecular weight excluding hydrogens is 372 g/mol. The molecule has 0 aromatic heterocycles. The number of rotatable bonds is 2. The Bertz CT molecular complexity index is 751. The standard InChI is InChI=1S/C18H26O8Si/c1-15(2,3)17(22)7-9-16(8-10(19)23-9)13(21)25-14-18(16,17)11(12(20)24-14)26-27(4,5)6/h9,11,14,22H,7-8H2,1-6H3/t9-,11-,14?,16?,17+,18?/m0/s1. The van der Waals surface area contributed by atoms with Crippen molar-refractivity contribution in [2.75, 3.05) is 0 Å². The zero-order chi connectivity index (χ0) is 20.2. The molecule has 6 atom stereocenters. The Labute approximate surface area is 158 Å². The molecule has 3 aliphatic heterocycles. The Balaban J connectivity index is 2.02. The number of carbonyl (C=O) groups is 3. The van der Waals surface area contributed by atoms with Crippen LogP contribution in [0, 0.1) is 16.2 Å². The summed E-state index contributed by atoms with van der Waals surface area (Å²) in [4.78, 5) is 38.1. The van der Waals surface area contributed by atoms with Crippen LogP contribution in [0.2, 0.25) is 19.6 Å². The summed E-state index contributed by atoms with van der Waals surface area (Å²) in [6.07, 6.45) is -3.62. The molecule has 8 nitrogen and oxygen atoms in total. The van der Waals surface area contributed by atoms with Gasteiger partial charge < -0.3 is 23.7 Å². The Morgan fingerprint density at radius 1 is 1.11 bits per heavy atom. The minimum atomic E-state index is -2.30. The van der Waals surface area contributed by atoms with Gasteiger partial charge in [0.1, 0.15) is 16.9 Å². The molecule has 27 heavy (non-hydrogen) atoms. The van der Waals surface area contributed by atoms with Gasteiger partial charge in [-0.05, 0) is 25.1 Å². The summed E-state index contributed by atoms with van der Waals surface area (Å²) >= 11 is 0. The lowest BCUT2D eigenvalue weighted by atomic mass is 9.52. The largest absolute Gasteiger partial charge is 0.461 e. The summed E-state index contributed by atoms with van der Waals surface area (Å²) in [6, 6.07) is 0. The highest BCUT2D eigenvalue weighted by Gasteiger charge is 2.93. The fourth-order valence-electron chi connectivity index (χ4n) is 5.62. The van der Waals surface area contributed by atoms with Crippen LogP contribution < -0.4 is 0 Å². The van der Waals surface area contributed by atoms with Gasteiger partial charge in [0, 0.05) is 6.42 Å². The van der Waals surface area contributed by atoms with Crippen molar-refractivity contribution in [2.24, 2.45) is 16.2 Å². The van der Waals surface area contributed by atoms with Gasteiger partial charge in [-0.1, -0.05) is 20.8 Å². The first-order valence-electron chi connectivity index (χ1n) is 9.22. The molecule has 0 aromatic carbocycles. The summed E-state index contributed by atoms with van der Waals surface area (Å²) < 4.78 is 22.6. The normalized spacial score (nSPS) is 45.9. The molecule has 4 aliphatic rings. The van der Waals surface area contributed by atoms with E-state index in [9.17, 15) is 19.5 Å². The summed E-state index contributed by atoms with van der Waals surface area (Å²) in [5.41, 5.74) is -5.38. The van der Waals surface area contributed by atoms with Gasteiger partial charge in [0.05, 0.1) is 12.0 Å². The van der Waals surface area contributed by atoms with Crippen molar-refractivity contribution in [3.8, 4) is 0 Å². The van der Waals surface area contributed by atoms with E-state index in [0.29, 0.717) is 0 Å². The number of esters is 3. The molecule has 1 aliphatic carbocycles. The molecule has 0 radical (unpaired) electrons. The highest BCUT2D eigenvalue weighted by Crippen LogP contribution is 2.76. The van der Waals surface area contributed by atoms with Crippen LogP contribution in [-0.2, 0) is 33.0 Å². The maximum Gasteiger partial charge on any atom is 0.338 e. The zero-order valence-electron chi connectivity index (χ0n) is 16.5. The van der Waals surface area contributed by atoms with E-state index in [0.717, 1.165) is 0 Å². The van der Waals surface area contributed by atoms with Crippen molar-refractivity contribution in [2.45, 2.75) is 77.4 Å². The Hall–Kier alpha value is -1.45. The van der Waals surface area contributed by atoms with Crippen LogP contribution in [0.1, 0.15) is 33.6 Å². The lowest BCUT2D eigenvalue weighted by Gasteiger charge is -2.51. The van der Waals surface area contributed by atoms with E-state index in [1.165, 1.54) is 0 Å². The molecule has 3 heterocycles. The van der Waals surface area contributed by atoms with Crippen LogP contribution in [0.15, 0.2) is 0 Å². The molecule has 150 valence electrons. The number of aliphatic hydroxyl groups is 1. The van der Waals surface area contributed by atoms with Crippen molar-refractivity contribution < 1.29 is 38.1 Å². The van der Waals surface area contributed by atoms with E-state index in [1.807, 2.05) is 40.4 Å². The number of carbonyl (C=O) groups excluding carboxylic acids is 3. The fourth-order valence-corrected chi connectivity index (χ4v) is 6.61. The fraction of sp³-hybridized carbons (Fsp3) is 0.833. The lowest BCUT2D eigenvalue weighted by molar-refractivity contribution is -0.222. The summed E-state index contributed by atoms with van der Waals surface area (Å²) in [6.45, 7) is 11.2. The van der Waals surface area contributed by atoms with Crippen LogP contribution in [-0.4, -0.2) is 55.4 Å². The molecule has 1 N–H and O–H groups in total. The second-order valence-corrected chi connectivity index (χ2v) is 14.6. The van der Waals surface area contributed by atoms with E-state index in [4.69, 9.17) is 18.6 Å². The van der Waals surface area contributed by atoms with Crippen molar-refractivity contribution in [3.63, 3.8) is 0 Å². The molecule has 3 unspecified atom stereocenters. The second kappa shape index (κ2) is 4.93. The van der Waals surface area contributed by atoms with Crippen molar-refractivity contribution in [1.29, 1.82) is 0 Å². The summed E-state index contributed by atoms with van der Waals surface area (Å²) in [7, 11) is -2.30. The van der Waals surface area contributed by atoms with Gasteiger partial charge in [-0.15, -0.1) is 0 Å². The monoisotopic (exact) mass is 398 g/mol. The quantitative estimate of drug-likeness (QED) is 0.544. The molecule has 4 rings (SSSR count). The second-order valence-electron chi connectivity index (χ2n) is 10.1. The van der Waals surface area contributed by atoms with E-state index in [-0.39, 0.29) is 12.8 Å². The van der Waals surface area contributed by atoms with E-state index in [1.54, 1.807) is 0 Å². The maximum absolute atomic E-state index is 13.0. The van der Waals surface area contributed by atoms with Gasteiger partial charge >= 0.3 is 17.9 Å². The third-order valence-electron chi connectivity index (χ3n) is 6.66. The van der Waals surface area contributed by atoms with Crippen LogP contribution in [0.4, 0.5) is 0 Å². The number of hydrogen-bond donors (Lipinski definition) is 1. The highest BCUT2D eigenvalue weighted by molar-refractivity contribution is 6.69. The maximum atomic E-state index is 13.0. The lowest BCUT2D eigenvalue weighted by Crippen LogP contribution is -2.66. The molecule has 2 spiro atoms. The minimum Gasteiger partial charge on any atom is -0.461 e. The van der Waals surface area contributed by atoms with Gasteiger partial charge in [0.2, 0.25) is 0 Å². The molecule has 4 fully saturated rings. The predicted octanol–water partition coefficient (Wildman–Crippen LogP) is 1.12. The van der Waals surface area contributed by atoms with Gasteiger partial charge in [-0.3, -0.25) is 9.59 Å². The molecule has 9 heteroatoms. The number of ether oxygens (including phenoxy) is 3. The van der Waals surface area contributed by atoms with Gasteiger partial charge in [0.25, 0.3) is 6.29 Å². The van der Waals surface area contributed by atoms with Crippen LogP contribution in [0.25, 0.3) is 0 Å². The molecule has 0 aromatic rings. The van der Waals surface area contributed by atoms with Crippen molar-refractivity contribution in [1.82, 2.24) is 0 Å². The molecule has 1 saturated carbocycles. The van der Waals surface area contributed by atoms with Crippen molar-refractivity contribution >= 4 is 26.2 Å². The van der Waals surface area contributed by atoms with Gasteiger partial charge in [0.15, 0.2) is 14.4 Å². The van der Waals surface area contributed by atoms with E-state index >= 15 is 0 Å². The average molecular weight is 398 g/mol. The highest BCUT2D eigenvalue weighted by atomic mass is 28.4. The van der Waals surface area contributed by atoms with Crippen LogP contribution in [0.5, 0.6) is 0 Å². The van der Waals surface area contributed by atoms with Crippen LogP contribution in [0.3, 0.4) is 0 Å². The molecule has 0 bridgehead atoms. The third-order valence-corrected chi connectivity index (χ3v) is 7.61.